The van der Waals surface area contributed by atoms with Crippen molar-refractivity contribution in [1.29, 1.82) is 0 Å². The molecule has 1 heterocycles. The number of benzene rings is 1. The van der Waals surface area contributed by atoms with Crippen LogP contribution >= 0.6 is 34.9 Å². The van der Waals surface area contributed by atoms with Gasteiger partial charge in [0.15, 0.2) is 8.68 Å². The zero-order valence-corrected chi connectivity index (χ0v) is 15.1. The van der Waals surface area contributed by atoms with Gasteiger partial charge in [0.1, 0.15) is 0 Å². The number of amides is 2. The molecule has 2 amide bonds. The number of hydrogen-bond donors (Lipinski definition) is 2. The Hall–Kier alpha value is -1.58. The van der Waals surface area contributed by atoms with E-state index >= 15 is 0 Å². The number of nitrogens with zero attached hydrogens (tertiary/aromatic N) is 2. The minimum absolute atomic E-state index is 0.109. The molecular weight excluding hydrogens is 352 g/mol. The third-order valence-corrected chi connectivity index (χ3v) is 5.54. The lowest BCUT2D eigenvalue weighted by Gasteiger charge is -2.06. The van der Waals surface area contributed by atoms with Crippen LogP contribution in [0.3, 0.4) is 0 Å². The minimum Gasteiger partial charge on any atom is -0.326 e. The van der Waals surface area contributed by atoms with Crippen LogP contribution in [0.15, 0.2) is 32.9 Å². The normalized spacial score (nSPS) is 10.3. The van der Waals surface area contributed by atoms with Crippen LogP contribution in [0.5, 0.6) is 0 Å². The van der Waals surface area contributed by atoms with Gasteiger partial charge in [0.25, 0.3) is 0 Å². The van der Waals surface area contributed by atoms with Gasteiger partial charge >= 0.3 is 0 Å². The van der Waals surface area contributed by atoms with Gasteiger partial charge in [-0.15, -0.1) is 10.2 Å². The molecular formula is C14H16N4O2S3. The van der Waals surface area contributed by atoms with Crippen molar-refractivity contribution in [1.82, 2.24) is 10.2 Å². The van der Waals surface area contributed by atoms with Crippen molar-refractivity contribution in [2.45, 2.75) is 22.5 Å². The number of carbonyl (C=O) groups excluding carboxylic acids is 2. The lowest BCUT2D eigenvalue weighted by Crippen LogP contribution is -2.14. The topological polar surface area (TPSA) is 84.0 Å². The van der Waals surface area contributed by atoms with Gasteiger partial charge in [-0.1, -0.05) is 41.8 Å². The van der Waals surface area contributed by atoms with Crippen LogP contribution in [-0.4, -0.2) is 33.5 Å². The Labute approximate surface area is 146 Å². The second-order valence-electron chi connectivity index (χ2n) is 4.36. The molecule has 122 valence electrons. The van der Waals surface area contributed by atoms with Gasteiger partial charge in [-0.3, -0.25) is 9.59 Å². The fourth-order valence-corrected chi connectivity index (χ4v) is 4.32. The molecule has 0 aliphatic rings. The maximum Gasteiger partial charge on any atom is 0.234 e. The van der Waals surface area contributed by atoms with Gasteiger partial charge in [-0.05, 0) is 30.0 Å². The van der Waals surface area contributed by atoms with Crippen molar-refractivity contribution in [2.24, 2.45) is 0 Å². The van der Waals surface area contributed by atoms with Gasteiger partial charge < -0.3 is 10.6 Å². The van der Waals surface area contributed by atoms with E-state index in [0.717, 1.165) is 14.4 Å². The average molecular weight is 369 g/mol. The first-order valence-electron chi connectivity index (χ1n) is 6.83. The van der Waals surface area contributed by atoms with Gasteiger partial charge in [-0.25, -0.2) is 0 Å². The summed E-state index contributed by atoms with van der Waals surface area (Å²) >= 11 is 4.50. The highest BCUT2D eigenvalue weighted by Crippen LogP contribution is 2.28. The molecule has 9 heteroatoms. The van der Waals surface area contributed by atoms with E-state index in [1.165, 1.54) is 30.0 Å². The fraction of sp³-hybridized carbons (Fsp3) is 0.286. The number of carbonyl (C=O) groups is 2. The van der Waals surface area contributed by atoms with Crippen molar-refractivity contribution in [3.05, 3.63) is 24.3 Å². The van der Waals surface area contributed by atoms with Crippen molar-refractivity contribution >= 4 is 58.0 Å². The Bertz CT molecular complexity index is 673. The Morgan fingerprint density at radius 3 is 2.17 bits per heavy atom. The summed E-state index contributed by atoms with van der Waals surface area (Å²) in [6, 6.07) is 6.97. The molecule has 6 nitrogen and oxygen atoms in total. The van der Waals surface area contributed by atoms with E-state index in [0.29, 0.717) is 11.4 Å². The van der Waals surface area contributed by atoms with Gasteiger partial charge in [0.2, 0.25) is 11.8 Å². The highest BCUT2D eigenvalue weighted by Gasteiger charge is 2.08. The molecule has 0 aliphatic carbocycles. The van der Waals surface area contributed by atoms with E-state index in [2.05, 4.69) is 27.8 Å². The molecule has 23 heavy (non-hydrogen) atoms. The van der Waals surface area contributed by atoms with Crippen molar-refractivity contribution < 1.29 is 9.59 Å². The fourth-order valence-electron chi connectivity index (χ4n) is 1.60. The summed E-state index contributed by atoms with van der Waals surface area (Å²) in [4.78, 5) is 22.9. The van der Waals surface area contributed by atoms with Crippen LogP contribution in [0, 0.1) is 0 Å². The number of rotatable bonds is 7. The van der Waals surface area contributed by atoms with E-state index in [-0.39, 0.29) is 17.6 Å². The maximum atomic E-state index is 11.9. The molecule has 0 atom stereocenters. The first-order valence-corrected chi connectivity index (χ1v) is 9.62. The lowest BCUT2D eigenvalue weighted by atomic mass is 10.3. The smallest absolute Gasteiger partial charge is 0.234 e. The molecule has 0 aliphatic heterocycles. The molecule has 0 spiro atoms. The van der Waals surface area contributed by atoms with Crippen LogP contribution in [-0.2, 0) is 9.59 Å². The quantitative estimate of drug-likeness (QED) is 0.729. The number of thioether (sulfide) groups is 2. The second kappa shape index (κ2) is 8.90. The molecule has 1 aromatic carbocycles. The molecule has 0 fully saturated rings. The summed E-state index contributed by atoms with van der Waals surface area (Å²) in [6.45, 7) is 3.51. The zero-order valence-electron chi connectivity index (χ0n) is 12.7. The third-order valence-electron chi connectivity index (χ3n) is 2.47. The standard InChI is InChI=1S/C14H16N4O2S3/c1-3-21-13-17-18-14(23-13)22-8-12(20)16-11-6-4-10(5-7-11)15-9(2)19/h4-7H,3,8H2,1-2H3,(H,15,19)(H,16,20). The third kappa shape index (κ3) is 6.20. The Balaban J connectivity index is 1.80. The monoisotopic (exact) mass is 368 g/mol. The van der Waals surface area contributed by atoms with Crippen LogP contribution in [0.25, 0.3) is 0 Å². The number of anilines is 2. The molecule has 0 saturated carbocycles. The van der Waals surface area contributed by atoms with Gasteiger partial charge in [-0.2, -0.15) is 0 Å². The molecule has 1 aromatic heterocycles. The first-order chi connectivity index (χ1) is 11.1. The zero-order chi connectivity index (χ0) is 16.7. The summed E-state index contributed by atoms with van der Waals surface area (Å²) < 4.78 is 1.71. The SMILES string of the molecule is CCSc1nnc(SCC(=O)Nc2ccc(NC(C)=O)cc2)s1. The van der Waals surface area contributed by atoms with Gasteiger partial charge in [0.05, 0.1) is 5.75 Å². The summed E-state index contributed by atoms with van der Waals surface area (Å²) in [5, 5.41) is 13.6. The molecule has 2 rings (SSSR count). The first kappa shape index (κ1) is 17.8. The predicted molar refractivity (Wildman–Crippen MR) is 96.4 cm³/mol. The van der Waals surface area contributed by atoms with E-state index in [4.69, 9.17) is 0 Å². The minimum atomic E-state index is -0.129. The molecule has 2 N–H and O–H groups in total. The molecule has 0 radical (unpaired) electrons. The largest absolute Gasteiger partial charge is 0.326 e. The van der Waals surface area contributed by atoms with E-state index in [9.17, 15) is 9.59 Å². The summed E-state index contributed by atoms with van der Waals surface area (Å²) in [5.41, 5.74) is 1.38. The maximum absolute atomic E-state index is 11.9. The number of aromatic nitrogens is 2. The van der Waals surface area contributed by atoms with Crippen LogP contribution in [0.1, 0.15) is 13.8 Å². The Morgan fingerprint density at radius 1 is 1.04 bits per heavy atom. The van der Waals surface area contributed by atoms with Crippen LogP contribution < -0.4 is 10.6 Å². The molecule has 0 unspecified atom stereocenters. The average Bonchev–Trinajstić information content (AvgIpc) is 2.95. The predicted octanol–water partition coefficient (Wildman–Crippen LogP) is 3.34. The summed E-state index contributed by atoms with van der Waals surface area (Å²) in [5.74, 6) is 0.991. The highest BCUT2D eigenvalue weighted by atomic mass is 32.2. The van der Waals surface area contributed by atoms with Crippen molar-refractivity contribution in [3.8, 4) is 0 Å². The highest BCUT2D eigenvalue weighted by molar-refractivity contribution is 8.03. The van der Waals surface area contributed by atoms with E-state index < -0.39 is 0 Å². The molecule has 0 saturated heterocycles. The number of nitrogens with one attached hydrogen (secondary N) is 2. The summed E-state index contributed by atoms with van der Waals surface area (Å²) in [7, 11) is 0. The summed E-state index contributed by atoms with van der Waals surface area (Å²) in [6.07, 6.45) is 0. The Morgan fingerprint density at radius 2 is 1.61 bits per heavy atom. The van der Waals surface area contributed by atoms with E-state index in [1.54, 1.807) is 36.0 Å². The van der Waals surface area contributed by atoms with Crippen LogP contribution in [0.2, 0.25) is 0 Å². The van der Waals surface area contributed by atoms with Crippen molar-refractivity contribution in [3.63, 3.8) is 0 Å². The van der Waals surface area contributed by atoms with Crippen LogP contribution in [0.4, 0.5) is 11.4 Å². The number of hydrogen-bond acceptors (Lipinski definition) is 7. The Kier molecular flexibility index (Phi) is 6.87. The second-order valence-corrected chi connectivity index (χ2v) is 8.07. The lowest BCUT2D eigenvalue weighted by molar-refractivity contribution is -0.114. The van der Waals surface area contributed by atoms with Crippen molar-refractivity contribution in [2.75, 3.05) is 22.1 Å². The van der Waals surface area contributed by atoms with Gasteiger partial charge in [0, 0.05) is 18.3 Å². The van der Waals surface area contributed by atoms with E-state index in [1.807, 2.05) is 0 Å². The molecule has 0 bridgehead atoms. The molecule has 2 aromatic rings.